The average Bonchev–Trinajstić information content (AvgIpc) is 3.09. The molecular formula is C17H24N4O3S2. The largest absolute Gasteiger partial charge is 0.350 e. The monoisotopic (exact) mass is 396 g/mol. The Morgan fingerprint density at radius 1 is 1.31 bits per heavy atom. The third-order valence-electron chi connectivity index (χ3n) is 3.89. The molecule has 1 aromatic heterocycles. The molecule has 0 saturated carbocycles. The molecule has 1 unspecified atom stereocenters. The zero-order chi connectivity index (χ0) is 19.2. The van der Waals surface area contributed by atoms with Crippen molar-refractivity contribution in [2.45, 2.75) is 43.5 Å². The van der Waals surface area contributed by atoms with Crippen molar-refractivity contribution in [2.75, 3.05) is 6.54 Å². The van der Waals surface area contributed by atoms with Gasteiger partial charge in [-0.25, -0.2) is 18.5 Å². The third kappa shape index (κ3) is 5.87. The number of nitrogens with two attached hydrogens (primary N) is 2. The molecule has 1 heterocycles. The van der Waals surface area contributed by atoms with Crippen LogP contribution >= 0.6 is 11.3 Å². The van der Waals surface area contributed by atoms with Crippen molar-refractivity contribution in [1.29, 1.82) is 0 Å². The van der Waals surface area contributed by atoms with Crippen LogP contribution in [0.4, 0.5) is 0 Å². The van der Waals surface area contributed by atoms with E-state index in [1.165, 1.54) is 23.5 Å². The molecule has 1 aromatic carbocycles. The molecule has 0 aliphatic carbocycles. The molecule has 0 saturated heterocycles. The molecule has 0 radical (unpaired) electrons. The van der Waals surface area contributed by atoms with Gasteiger partial charge in [-0.1, -0.05) is 31.9 Å². The first-order chi connectivity index (χ1) is 12.3. The average molecular weight is 397 g/mol. The molecule has 0 bridgehead atoms. The topological polar surface area (TPSA) is 128 Å². The highest BCUT2D eigenvalue weighted by Crippen LogP contribution is 2.20. The molecule has 1 atom stereocenters. The van der Waals surface area contributed by atoms with Crippen molar-refractivity contribution in [3.05, 3.63) is 45.9 Å². The van der Waals surface area contributed by atoms with E-state index in [9.17, 15) is 13.2 Å². The number of nitrogens with one attached hydrogen (secondary N) is 1. The quantitative estimate of drug-likeness (QED) is 0.597. The van der Waals surface area contributed by atoms with Gasteiger partial charge in [-0.3, -0.25) is 4.79 Å². The molecule has 0 fully saturated rings. The second-order valence-electron chi connectivity index (χ2n) is 6.01. The molecule has 26 heavy (non-hydrogen) atoms. The number of nitrogens with zero attached hydrogens (tertiary/aromatic N) is 1. The number of amides is 1. The summed E-state index contributed by atoms with van der Waals surface area (Å²) in [6, 6.07) is 6.14. The summed E-state index contributed by atoms with van der Waals surface area (Å²) >= 11 is 1.40. The smallest absolute Gasteiger partial charge is 0.270 e. The lowest BCUT2D eigenvalue weighted by molar-refractivity contribution is 0.0949. The molecule has 0 spiro atoms. The molecule has 0 aliphatic heterocycles. The van der Waals surface area contributed by atoms with E-state index in [0.29, 0.717) is 18.7 Å². The standard InChI is InChI=1S/C17H24N4O3S2/c1-2-3-4-14(18)17-21-15(11-25-17)16(22)20-10-9-12-5-7-13(8-6-12)26(19,23)24/h5-8,11,14H,2-4,9-10,18H2,1H3,(H,20,22)(H2,19,23,24). The minimum Gasteiger partial charge on any atom is -0.350 e. The van der Waals surface area contributed by atoms with Gasteiger partial charge in [-0.05, 0) is 30.5 Å². The van der Waals surface area contributed by atoms with Gasteiger partial charge < -0.3 is 11.1 Å². The maximum absolute atomic E-state index is 12.2. The second-order valence-corrected chi connectivity index (χ2v) is 8.47. The maximum atomic E-state index is 12.2. The number of primary sulfonamides is 1. The summed E-state index contributed by atoms with van der Waals surface area (Å²) in [6.45, 7) is 2.53. The summed E-state index contributed by atoms with van der Waals surface area (Å²) < 4.78 is 22.4. The van der Waals surface area contributed by atoms with Gasteiger partial charge in [0.25, 0.3) is 5.91 Å². The van der Waals surface area contributed by atoms with Crippen LogP contribution in [0, 0.1) is 0 Å². The molecule has 9 heteroatoms. The normalized spacial score (nSPS) is 12.7. The Kier molecular flexibility index (Phi) is 7.27. The van der Waals surface area contributed by atoms with E-state index in [2.05, 4.69) is 17.2 Å². The minimum atomic E-state index is -3.69. The van der Waals surface area contributed by atoms with Crippen molar-refractivity contribution in [3.8, 4) is 0 Å². The van der Waals surface area contributed by atoms with Crippen LogP contribution in [0.3, 0.4) is 0 Å². The Morgan fingerprint density at radius 2 is 2.00 bits per heavy atom. The first kappa shape index (κ1) is 20.5. The molecule has 0 aliphatic rings. The predicted molar refractivity (Wildman–Crippen MR) is 102 cm³/mol. The highest BCUT2D eigenvalue weighted by Gasteiger charge is 2.14. The zero-order valence-electron chi connectivity index (χ0n) is 14.6. The van der Waals surface area contributed by atoms with E-state index >= 15 is 0 Å². The Balaban J connectivity index is 1.84. The van der Waals surface area contributed by atoms with E-state index in [-0.39, 0.29) is 16.8 Å². The number of aromatic nitrogens is 1. The van der Waals surface area contributed by atoms with Crippen molar-refractivity contribution < 1.29 is 13.2 Å². The Labute approximate surface area is 157 Å². The van der Waals surface area contributed by atoms with Gasteiger partial charge in [0.05, 0.1) is 10.9 Å². The van der Waals surface area contributed by atoms with Crippen molar-refractivity contribution >= 4 is 27.3 Å². The van der Waals surface area contributed by atoms with Crippen LogP contribution in [0.1, 0.15) is 53.3 Å². The number of benzene rings is 1. The number of hydrogen-bond acceptors (Lipinski definition) is 6. The van der Waals surface area contributed by atoms with Crippen LogP contribution in [0.25, 0.3) is 0 Å². The fourth-order valence-corrected chi connectivity index (χ4v) is 3.72. The SMILES string of the molecule is CCCCC(N)c1nc(C(=O)NCCc2ccc(S(N)(=O)=O)cc2)cs1. The van der Waals surface area contributed by atoms with Gasteiger partial charge >= 0.3 is 0 Å². The third-order valence-corrected chi connectivity index (χ3v) is 5.80. The molecular weight excluding hydrogens is 372 g/mol. The first-order valence-electron chi connectivity index (χ1n) is 8.42. The minimum absolute atomic E-state index is 0.0692. The summed E-state index contributed by atoms with van der Waals surface area (Å²) in [5.74, 6) is -0.239. The van der Waals surface area contributed by atoms with Crippen LogP contribution in [0.2, 0.25) is 0 Å². The molecule has 2 aromatic rings. The maximum Gasteiger partial charge on any atom is 0.270 e. The summed E-state index contributed by atoms with van der Waals surface area (Å²) in [5.41, 5.74) is 7.36. The summed E-state index contributed by atoms with van der Waals surface area (Å²) in [6.07, 6.45) is 3.54. The Morgan fingerprint density at radius 3 is 2.62 bits per heavy atom. The Bertz CT molecular complexity index is 832. The molecule has 142 valence electrons. The lowest BCUT2D eigenvalue weighted by Gasteiger charge is -2.07. The van der Waals surface area contributed by atoms with Crippen LogP contribution in [-0.4, -0.2) is 25.9 Å². The molecule has 7 nitrogen and oxygen atoms in total. The van der Waals surface area contributed by atoms with E-state index in [1.807, 2.05) is 0 Å². The number of carbonyl (C=O) groups excluding carboxylic acids is 1. The first-order valence-corrected chi connectivity index (χ1v) is 10.8. The lowest BCUT2D eigenvalue weighted by atomic mass is 10.1. The number of carbonyl (C=O) groups is 1. The zero-order valence-corrected chi connectivity index (χ0v) is 16.3. The van der Waals surface area contributed by atoms with Crippen LogP contribution in [0.15, 0.2) is 34.5 Å². The van der Waals surface area contributed by atoms with Crippen LogP contribution in [0.5, 0.6) is 0 Å². The highest BCUT2D eigenvalue weighted by atomic mass is 32.2. The second kappa shape index (κ2) is 9.22. The number of rotatable bonds is 9. The van der Waals surface area contributed by atoms with Gasteiger partial charge in [0, 0.05) is 11.9 Å². The van der Waals surface area contributed by atoms with Crippen LogP contribution < -0.4 is 16.2 Å². The van der Waals surface area contributed by atoms with E-state index in [0.717, 1.165) is 29.8 Å². The molecule has 1 amide bonds. The fraction of sp³-hybridized carbons (Fsp3) is 0.412. The van der Waals surface area contributed by atoms with Gasteiger partial charge in [0.15, 0.2) is 0 Å². The van der Waals surface area contributed by atoms with E-state index < -0.39 is 10.0 Å². The summed E-state index contributed by atoms with van der Waals surface area (Å²) in [7, 11) is -3.69. The van der Waals surface area contributed by atoms with Gasteiger partial charge in [-0.2, -0.15) is 0 Å². The van der Waals surface area contributed by atoms with E-state index in [1.54, 1.807) is 17.5 Å². The molecule has 5 N–H and O–H groups in total. The van der Waals surface area contributed by atoms with Crippen molar-refractivity contribution in [2.24, 2.45) is 10.9 Å². The number of hydrogen-bond donors (Lipinski definition) is 3. The van der Waals surface area contributed by atoms with E-state index in [4.69, 9.17) is 10.9 Å². The van der Waals surface area contributed by atoms with Gasteiger partial charge in [-0.15, -0.1) is 11.3 Å². The summed E-state index contributed by atoms with van der Waals surface area (Å²) in [4.78, 5) is 16.6. The molecule has 2 rings (SSSR count). The number of sulfonamides is 1. The summed E-state index contributed by atoms with van der Waals surface area (Å²) in [5, 5.41) is 10.4. The van der Waals surface area contributed by atoms with Gasteiger partial charge in [0.1, 0.15) is 10.7 Å². The fourth-order valence-electron chi connectivity index (χ4n) is 2.37. The van der Waals surface area contributed by atoms with Crippen molar-refractivity contribution in [3.63, 3.8) is 0 Å². The number of unbranched alkanes of at least 4 members (excludes halogenated alkanes) is 1. The highest BCUT2D eigenvalue weighted by molar-refractivity contribution is 7.89. The van der Waals surface area contributed by atoms with Gasteiger partial charge in [0.2, 0.25) is 10.0 Å². The predicted octanol–water partition coefficient (Wildman–Crippen LogP) is 1.95. The van der Waals surface area contributed by atoms with Crippen LogP contribution in [-0.2, 0) is 16.4 Å². The van der Waals surface area contributed by atoms with Crippen molar-refractivity contribution in [1.82, 2.24) is 10.3 Å². The number of thiazole rings is 1. The Hall–Kier alpha value is -1.81. The lowest BCUT2D eigenvalue weighted by Crippen LogP contribution is -2.26.